The monoisotopic (exact) mass is 252 g/mol. The molecule has 3 nitrogen and oxygen atoms in total. The molecular formula is C15H28N2O. The first-order chi connectivity index (χ1) is 8.83. The average molecular weight is 252 g/mol. The first-order valence-electron chi connectivity index (χ1n) is 7.92. The lowest BCUT2D eigenvalue weighted by Crippen LogP contribution is -2.42. The van der Waals surface area contributed by atoms with E-state index in [2.05, 4.69) is 17.1 Å². The summed E-state index contributed by atoms with van der Waals surface area (Å²) in [6, 6.07) is 1.50. The summed E-state index contributed by atoms with van der Waals surface area (Å²) in [4.78, 5) is 2.71. The maximum atomic E-state index is 5.75. The Kier molecular flexibility index (Phi) is 4.22. The molecule has 0 bridgehead atoms. The molecule has 2 heterocycles. The lowest BCUT2D eigenvalue weighted by Gasteiger charge is -2.30. The van der Waals surface area contributed by atoms with Crippen LogP contribution >= 0.6 is 0 Å². The molecule has 1 N–H and O–H groups in total. The molecule has 0 aromatic carbocycles. The summed E-state index contributed by atoms with van der Waals surface area (Å²) >= 11 is 0. The molecule has 3 unspecified atom stereocenters. The molecule has 18 heavy (non-hydrogen) atoms. The minimum atomic E-state index is 0.549. The minimum absolute atomic E-state index is 0.549. The van der Waals surface area contributed by atoms with Crippen molar-refractivity contribution in [2.45, 2.75) is 63.6 Å². The fraction of sp³-hybridized carbons (Fsp3) is 1.00. The quantitative estimate of drug-likeness (QED) is 0.828. The number of rotatable bonds is 4. The van der Waals surface area contributed by atoms with Gasteiger partial charge in [0.15, 0.2) is 0 Å². The lowest BCUT2D eigenvalue weighted by atomic mass is 10.1. The normalized spacial score (nSPS) is 38.8. The van der Waals surface area contributed by atoms with Gasteiger partial charge in [0.1, 0.15) is 0 Å². The highest BCUT2D eigenvalue weighted by molar-refractivity contribution is 4.91. The third-order valence-electron chi connectivity index (χ3n) is 4.98. The van der Waals surface area contributed by atoms with Gasteiger partial charge in [-0.05, 0) is 57.9 Å². The van der Waals surface area contributed by atoms with Crippen LogP contribution in [-0.2, 0) is 4.74 Å². The van der Waals surface area contributed by atoms with E-state index in [0.717, 1.165) is 24.6 Å². The van der Waals surface area contributed by atoms with Gasteiger partial charge >= 0.3 is 0 Å². The highest BCUT2D eigenvalue weighted by Gasteiger charge is 2.34. The van der Waals surface area contributed by atoms with Crippen LogP contribution in [0.15, 0.2) is 0 Å². The third kappa shape index (κ3) is 3.25. The lowest BCUT2D eigenvalue weighted by molar-refractivity contribution is 0.0847. The van der Waals surface area contributed by atoms with E-state index in [1.807, 2.05) is 0 Å². The van der Waals surface area contributed by atoms with Gasteiger partial charge in [0.05, 0.1) is 6.10 Å². The zero-order valence-corrected chi connectivity index (χ0v) is 11.7. The molecule has 0 spiro atoms. The van der Waals surface area contributed by atoms with Crippen molar-refractivity contribution in [3.8, 4) is 0 Å². The van der Waals surface area contributed by atoms with Gasteiger partial charge < -0.3 is 10.1 Å². The average Bonchev–Trinajstić information content (AvgIpc) is 3.11. The van der Waals surface area contributed by atoms with Crippen LogP contribution in [0.3, 0.4) is 0 Å². The van der Waals surface area contributed by atoms with Gasteiger partial charge in [-0.1, -0.05) is 0 Å². The van der Waals surface area contributed by atoms with Crippen molar-refractivity contribution in [1.29, 1.82) is 0 Å². The second kappa shape index (κ2) is 5.89. The van der Waals surface area contributed by atoms with Crippen LogP contribution in [-0.4, -0.2) is 49.3 Å². The second-order valence-corrected chi connectivity index (χ2v) is 6.45. The van der Waals surface area contributed by atoms with E-state index in [-0.39, 0.29) is 0 Å². The minimum Gasteiger partial charge on any atom is -0.378 e. The topological polar surface area (TPSA) is 24.5 Å². The molecular weight excluding hydrogens is 224 g/mol. The van der Waals surface area contributed by atoms with Gasteiger partial charge in [-0.25, -0.2) is 0 Å². The number of ether oxygens (including phenoxy) is 1. The molecule has 1 saturated carbocycles. The highest BCUT2D eigenvalue weighted by Crippen LogP contribution is 2.34. The summed E-state index contributed by atoms with van der Waals surface area (Å²) in [7, 11) is 0. The van der Waals surface area contributed by atoms with Gasteiger partial charge in [0, 0.05) is 31.8 Å². The molecule has 0 amide bonds. The van der Waals surface area contributed by atoms with Crippen molar-refractivity contribution in [1.82, 2.24) is 10.2 Å². The Hall–Kier alpha value is -0.120. The standard InChI is InChI=1S/C15H28N2O/c1-12-6-8-16-15(13-4-5-13)11-17(12)9-7-14-3-2-10-18-14/h12-16H,2-11H2,1H3. The summed E-state index contributed by atoms with van der Waals surface area (Å²) in [5, 5.41) is 3.76. The van der Waals surface area contributed by atoms with Crippen LogP contribution in [0.5, 0.6) is 0 Å². The van der Waals surface area contributed by atoms with Crippen molar-refractivity contribution >= 4 is 0 Å². The Morgan fingerprint density at radius 1 is 1.22 bits per heavy atom. The summed E-state index contributed by atoms with van der Waals surface area (Å²) in [6.45, 7) is 7.09. The number of nitrogens with one attached hydrogen (secondary N) is 1. The number of nitrogens with zero attached hydrogens (tertiary/aromatic N) is 1. The first kappa shape index (κ1) is 12.9. The smallest absolute Gasteiger partial charge is 0.0588 e. The zero-order valence-electron chi connectivity index (χ0n) is 11.7. The molecule has 3 atom stereocenters. The van der Waals surface area contributed by atoms with Crippen LogP contribution in [0.4, 0.5) is 0 Å². The first-order valence-corrected chi connectivity index (χ1v) is 7.92. The second-order valence-electron chi connectivity index (χ2n) is 6.45. The van der Waals surface area contributed by atoms with E-state index in [1.165, 1.54) is 58.2 Å². The number of hydrogen-bond donors (Lipinski definition) is 1. The molecule has 104 valence electrons. The van der Waals surface area contributed by atoms with Crippen molar-refractivity contribution < 1.29 is 4.74 Å². The Morgan fingerprint density at radius 2 is 2.11 bits per heavy atom. The summed E-state index contributed by atoms with van der Waals surface area (Å²) in [5.41, 5.74) is 0. The molecule has 3 fully saturated rings. The molecule has 3 heteroatoms. The molecule has 3 rings (SSSR count). The van der Waals surface area contributed by atoms with E-state index in [1.54, 1.807) is 0 Å². The summed E-state index contributed by atoms with van der Waals surface area (Å²) in [6.07, 6.45) is 8.54. The van der Waals surface area contributed by atoms with E-state index in [9.17, 15) is 0 Å². The van der Waals surface area contributed by atoms with Gasteiger partial charge in [-0.2, -0.15) is 0 Å². The Morgan fingerprint density at radius 3 is 2.83 bits per heavy atom. The van der Waals surface area contributed by atoms with E-state index < -0.39 is 0 Å². The van der Waals surface area contributed by atoms with Crippen molar-refractivity contribution in [2.24, 2.45) is 5.92 Å². The highest BCUT2D eigenvalue weighted by atomic mass is 16.5. The molecule has 0 aromatic heterocycles. The summed E-state index contributed by atoms with van der Waals surface area (Å²) < 4.78 is 5.75. The maximum Gasteiger partial charge on any atom is 0.0588 e. The molecule has 3 aliphatic rings. The van der Waals surface area contributed by atoms with E-state index >= 15 is 0 Å². The third-order valence-corrected chi connectivity index (χ3v) is 4.98. The van der Waals surface area contributed by atoms with Crippen LogP contribution in [0.1, 0.15) is 45.4 Å². The molecule has 0 radical (unpaired) electrons. The Balaban J connectivity index is 1.50. The van der Waals surface area contributed by atoms with E-state index in [0.29, 0.717) is 6.10 Å². The largest absolute Gasteiger partial charge is 0.378 e. The van der Waals surface area contributed by atoms with Crippen LogP contribution < -0.4 is 5.32 Å². The van der Waals surface area contributed by atoms with E-state index in [4.69, 9.17) is 4.74 Å². The predicted molar refractivity (Wildman–Crippen MR) is 73.8 cm³/mol. The van der Waals surface area contributed by atoms with Crippen LogP contribution in [0.2, 0.25) is 0 Å². The maximum absolute atomic E-state index is 5.75. The van der Waals surface area contributed by atoms with Crippen molar-refractivity contribution in [3.05, 3.63) is 0 Å². The van der Waals surface area contributed by atoms with Gasteiger partial charge in [-0.15, -0.1) is 0 Å². The summed E-state index contributed by atoms with van der Waals surface area (Å²) in [5.74, 6) is 0.973. The van der Waals surface area contributed by atoms with Crippen molar-refractivity contribution in [3.63, 3.8) is 0 Å². The predicted octanol–water partition coefficient (Wildman–Crippen LogP) is 2.02. The SMILES string of the molecule is CC1CCNC(C2CC2)CN1CCC1CCCO1. The molecule has 1 aliphatic carbocycles. The van der Waals surface area contributed by atoms with Crippen LogP contribution in [0, 0.1) is 5.92 Å². The van der Waals surface area contributed by atoms with Crippen LogP contribution in [0.25, 0.3) is 0 Å². The van der Waals surface area contributed by atoms with Gasteiger partial charge in [0.25, 0.3) is 0 Å². The molecule has 2 saturated heterocycles. The zero-order chi connectivity index (χ0) is 12.4. The molecule has 0 aromatic rings. The molecule has 2 aliphatic heterocycles. The van der Waals surface area contributed by atoms with Crippen molar-refractivity contribution in [2.75, 3.05) is 26.2 Å². The Bertz CT molecular complexity index is 261. The fourth-order valence-corrected chi connectivity index (χ4v) is 3.47. The van der Waals surface area contributed by atoms with Gasteiger partial charge in [-0.3, -0.25) is 4.90 Å². The fourth-order valence-electron chi connectivity index (χ4n) is 3.47. The Labute approximate surface area is 111 Å². The number of hydrogen-bond acceptors (Lipinski definition) is 3. The van der Waals surface area contributed by atoms with Gasteiger partial charge in [0.2, 0.25) is 0 Å².